The number of benzene rings is 1. The van der Waals surface area contributed by atoms with E-state index in [-0.39, 0.29) is 41.6 Å². The second-order valence-electron chi connectivity index (χ2n) is 6.26. The van der Waals surface area contributed by atoms with Crippen molar-refractivity contribution in [3.63, 3.8) is 0 Å². The summed E-state index contributed by atoms with van der Waals surface area (Å²) < 4.78 is 14.6. The Morgan fingerprint density at radius 2 is 2.00 bits per heavy atom. The smallest absolute Gasteiger partial charge is 0.227 e. The van der Waals surface area contributed by atoms with Crippen LogP contribution >= 0.6 is 12.4 Å². The van der Waals surface area contributed by atoms with Crippen molar-refractivity contribution in [3.05, 3.63) is 29.1 Å². The zero-order valence-corrected chi connectivity index (χ0v) is 14.5. The van der Waals surface area contributed by atoms with Crippen molar-refractivity contribution in [2.45, 2.75) is 32.7 Å². The van der Waals surface area contributed by atoms with E-state index in [9.17, 15) is 14.0 Å². The molecular formula is C17H23ClFN3O2. The average molecular weight is 356 g/mol. The van der Waals surface area contributed by atoms with Crippen LogP contribution < -0.4 is 10.6 Å². The van der Waals surface area contributed by atoms with Gasteiger partial charge in [0.15, 0.2) is 0 Å². The third-order valence-corrected chi connectivity index (χ3v) is 4.78. The van der Waals surface area contributed by atoms with Crippen LogP contribution in [0.5, 0.6) is 0 Å². The van der Waals surface area contributed by atoms with Crippen molar-refractivity contribution in [1.82, 2.24) is 10.2 Å². The maximum absolute atomic E-state index is 14.6. The Morgan fingerprint density at radius 1 is 1.29 bits per heavy atom. The lowest BCUT2D eigenvalue weighted by Gasteiger charge is -2.30. The lowest BCUT2D eigenvalue weighted by atomic mass is 9.95. The number of nitrogens with zero attached hydrogens (tertiary/aromatic N) is 1. The van der Waals surface area contributed by atoms with E-state index in [1.165, 1.54) is 6.92 Å². The minimum atomic E-state index is -0.307. The highest BCUT2D eigenvalue weighted by molar-refractivity contribution is 5.93. The van der Waals surface area contributed by atoms with Crippen molar-refractivity contribution < 1.29 is 14.0 Å². The number of piperidine rings is 1. The second kappa shape index (κ2) is 7.94. The summed E-state index contributed by atoms with van der Waals surface area (Å²) in [6, 6.07) is 3.52. The quantitative estimate of drug-likeness (QED) is 0.854. The van der Waals surface area contributed by atoms with E-state index in [4.69, 9.17) is 0 Å². The Balaban J connectivity index is 0.00000208. The van der Waals surface area contributed by atoms with Gasteiger partial charge in [-0.3, -0.25) is 9.59 Å². The number of amides is 2. The summed E-state index contributed by atoms with van der Waals surface area (Å²) in [7, 11) is 0. The van der Waals surface area contributed by atoms with Crippen LogP contribution in [-0.2, 0) is 22.6 Å². The molecule has 2 N–H and O–H groups in total. The molecule has 7 heteroatoms. The molecule has 0 radical (unpaired) electrons. The molecule has 3 rings (SSSR count). The first-order valence-electron chi connectivity index (χ1n) is 8.13. The highest BCUT2D eigenvalue weighted by Gasteiger charge is 2.27. The molecule has 132 valence electrons. The van der Waals surface area contributed by atoms with Gasteiger partial charge in [-0.1, -0.05) is 6.07 Å². The summed E-state index contributed by atoms with van der Waals surface area (Å²) in [6.45, 7) is 4.14. The number of hydrogen-bond acceptors (Lipinski definition) is 3. The van der Waals surface area contributed by atoms with Gasteiger partial charge in [0, 0.05) is 32.5 Å². The molecule has 2 amide bonds. The lowest BCUT2D eigenvalue weighted by molar-refractivity contribution is -0.132. The fourth-order valence-electron chi connectivity index (χ4n) is 3.32. The topological polar surface area (TPSA) is 61.4 Å². The molecule has 2 aliphatic heterocycles. The Hall–Kier alpha value is -1.66. The Kier molecular flexibility index (Phi) is 6.18. The summed E-state index contributed by atoms with van der Waals surface area (Å²) in [5.74, 6) is -0.583. The van der Waals surface area contributed by atoms with Crippen LogP contribution in [0.3, 0.4) is 0 Å². The highest BCUT2D eigenvalue weighted by atomic mass is 35.5. The summed E-state index contributed by atoms with van der Waals surface area (Å²) >= 11 is 0. The van der Waals surface area contributed by atoms with Crippen molar-refractivity contribution in [2.75, 3.05) is 25.0 Å². The van der Waals surface area contributed by atoms with E-state index >= 15 is 0 Å². The molecule has 0 bridgehead atoms. The fraction of sp³-hybridized carbons (Fsp3) is 0.529. The first kappa shape index (κ1) is 18.7. The minimum Gasteiger partial charge on any atom is -0.343 e. The number of halogens is 2. The van der Waals surface area contributed by atoms with E-state index in [2.05, 4.69) is 10.6 Å². The van der Waals surface area contributed by atoms with Crippen molar-refractivity contribution >= 4 is 29.9 Å². The van der Waals surface area contributed by atoms with Gasteiger partial charge in [-0.15, -0.1) is 12.4 Å². The number of likely N-dealkylation sites (tertiary alicyclic amines) is 1. The third kappa shape index (κ3) is 3.87. The van der Waals surface area contributed by atoms with Gasteiger partial charge in [-0.25, -0.2) is 4.39 Å². The van der Waals surface area contributed by atoms with Crippen LogP contribution in [0.15, 0.2) is 12.1 Å². The molecule has 0 atom stereocenters. The molecule has 1 saturated heterocycles. The predicted molar refractivity (Wildman–Crippen MR) is 92.7 cm³/mol. The van der Waals surface area contributed by atoms with Gasteiger partial charge >= 0.3 is 0 Å². The van der Waals surface area contributed by atoms with Crippen molar-refractivity contribution in [2.24, 2.45) is 5.92 Å². The number of hydrogen-bond donors (Lipinski definition) is 2. The molecule has 24 heavy (non-hydrogen) atoms. The zero-order valence-electron chi connectivity index (χ0n) is 13.7. The summed E-state index contributed by atoms with van der Waals surface area (Å²) in [5.41, 5.74) is 1.93. The Labute approximate surface area is 147 Å². The van der Waals surface area contributed by atoms with Crippen LogP contribution in [0, 0.1) is 11.7 Å². The molecule has 0 spiro atoms. The number of fused-ring (bicyclic) bond motifs is 1. The predicted octanol–water partition coefficient (Wildman–Crippen LogP) is 2.09. The lowest BCUT2D eigenvalue weighted by Crippen LogP contribution is -2.40. The van der Waals surface area contributed by atoms with Gasteiger partial charge in [0.05, 0.1) is 5.69 Å². The third-order valence-electron chi connectivity index (χ3n) is 4.78. The fourth-order valence-corrected chi connectivity index (χ4v) is 3.32. The SMILES string of the molecule is CC(=O)N1CCC(C(=O)Nc2ccc3c(c2F)CCNC3)CC1.Cl. The van der Waals surface area contributed by atoms with Crippen LogP contribution in [0.2, 0.25) is 0 Å². The highest BCUT2D eigenvalue weighted by Crippen LogP contribution is 2.26. The molecule has 1 aromatic rings. The van der Waals surface area contributed by atoms with Crippen LogP contribution in [-0.4, -0.2) is 36.3 Å². The standard InChI is InChI=1S/C17H22FN3O2.ClH/c1-11(22)21-8-5-12(6-9-21)17(23)20-15-3-2-13-10-19-7-4-14(13)16(15)18;/h2-3,12,19H,4-10H2,1H3,(H,20,23);1H. The molecule has 0 unspecified atom stereocenters. The van der Waals surface area contributed by atoms with Crippen LogP contribution in [0.4, 0.5) is 10.1 Å². The Morgan fingerprint density at radius 3 is 2.67 bits per heavy atom. The second-order valence-corrected chi connectivity index (χ2v) is 6.26. The van der Waals surface area contributed by atoms with Gasteiger partial charge in [0.25, 0.3) is 0 Å². The summed E-state index contributed by atoms with van der Waals surface area (Å²) in [5, 5.41) is 5.94. The largest absolute Gasteiger partial charge is 0.343 e. The normalized spacial score (nSPS) is 17.7. The first-order valence-corrected chi connectivity index (χ1v) is 8.13. The van der Waals surface area contributed by atoms with Crippen LogP contribution in [0.25, 0.3) is 0 Å². The van der Waals surface area contributed by atoms with Gasteiger partial charge in [-0.2, -0.15) is 0 Å². The number of nitrogens with one attached hydrogen (secondary N) is 2. The molecular weight excluding hydrogens is 333 g/mol. The minimum absolute atomic E-state index is 0. The molecule has 0 aliphatic carbocycles. The summed E-state index contributed by atoms with van der Waals surface area (Å²) in [4.78, 5) is 25.4. The van der Waals surface area contributed by atoms with Gasteiger partial charge in [0.2, 0.25) is 11.8 Å². The van der Waals surface area contributed by atoms with E-state index in [0.29, 0.717) is 44.5 Å². The molecule has 1 fully saturated rings. The maximum Gasteiger partial charge on any atom is 0.227 e. The van der Waals surface area contributed by atoms with E-state index in [1.807, 2.05) is 6.07 Å². The Bertz CT molecular complexity index is 631. The number of anilines is 1. The van der Waals surface area contributed by atoms with Crippen molar-refractivity contribution in [3.8, 4) is 0 Å². The zero-order chi connectivity index (χ0) is 16.4. The molecule has 5 nitrogen and oxygen atoms in total. The van der Waals surface area contributed by atoms with Gasteiger partial charge < -0.3 is 15.5 Å². The van der Waals surface area contributed by atoms with E-state index in [1.54, 1.807) is 11.0 Å². The van der Waals surface area contributed by atoms with Gasteiger partial charge in [0.1, 0.15) is 5.82 Å². The number of carbonyl (C=O) groups is 2. The molecule has 0 aromatic heterocycles. The molecule has 0 saturated carbocycles. The summed E-state index contributed by atoms with van der Waals surface area (Å²) in [6.07, 6.45) is 1.89. The van der Waals surface area contributed by atoms with Crippen molar-refractivity contribution in [1.29, 1.82) is 0 Å². The molecule has 2 heterocycles. The maximum atomic E-state index is 14.6. The molecule has 2 aliphatic rings. The number of carbonyl (C=O) groups excluding carboxylic acids is 2. The number of rotatable bonds is 2. The first-order chi connectivity index (χ1) is 11.1. The van der Waals surface area contributed by atoms with Gasteiger partial charge in [-0.05, 0) is 43.0 Å². The van der Waals surface area contributed by atoms with E-state index in [0.717, 1.165) is 12.1 Å². The van der Waals surface area contributed by atoms with Crippen LogP contribution in [0.1, 0.15) is 30.9 Å². The monoisotopic (exact) mass is 355 g/mol. The molecule has 1 aromatic carbocycles. The van der Waals surface area contributed by atoms with E-state index < -0.39 is 0 Å². The average Bonchev–Trinajstić information content (AvgIpc) is 2.57.